The molecule has 1 unspecified atom stereocenters. The molecule has 0 heterocycles. The summed E-state index contributed by atoms with van der Waals surface area (Å²) in [5.74, 6) is 0. The normalized spacial score (nSPS) is 12.2. The van der Waals surface area contributed by atoms with Crippen molar-refractivity contribution in [2.24, 2.45) is 0 Å². The maximum absolute atomic E-state index is 3.48. The van der Waals surface area contributed by atoms with Crippen LogP contribution in [0.1, 0.15) is 25.5 Å². The number of hydrogen-bond donors (Lipinski definition) is 1. The highest BCUT2D eigenvalue weighted by atomic mass is 15.1. The van der Waals surface area contributed by atoms with Gasteiger partial charge in [0.15, 0.2) is 0 Å². The molecule has 0 spiro atoms. The first kappa shape index (κ1) is 13.6. The van der Waals surface area contributed by atoms with Crippen molar-refractivity contribution in [1.29, 1.82) is 0 Å². The van der Waals surface area contributed by atoms with Crippen molar-refractivity contribution >= 4 is 11.4 Å². The fraction of sp³-hybridized carbons (Fsp3) is 0.294. The summed E-state index contributed by atoms with van der Waals surface area (Å²) in [5.41, 5.74) is 3.79. The molecule has 0 saturated carbocycles. The van der Waals surface area contributed by atoms with E-state index in [1.165, 1.54) is 16.9 Å². The Bertz CT molecular complexity index is 508. The second-order valence-corrected chi connectivity index (χ2v) is 4.73. The van der Waals surface area contributed by atoms with Gasteiger partial charge in [-0.15, -0.1) is 0 Å². The molecule has 0 aliphatic rings. The Balaban J connectivity index is 2.34. The van der Waals surface area contributed by atoms with Crippen molar-refractivity contribution in [1.82, 2.24) is 5.32 Å². The lowest BCUT2D eigenvalue weighted by atomic mass is 10.0. The summed E-state index contributed by atoms with van der Waals surface area (Å²) < 4.78 is 0. The summed E-state index contributed by atoms with van der Waals surface area (Å²) in [6.07, 6.45) is 0. The summed E-state index contributed by atoms with van der Waals surface area (Å²) in [6.45, 7) is 5.33. The first-order valence-electron chi connectivity index (χ1n) is 6.85. The summed E-state index contributed by atoms with van der Waals surface area (Å²) in [5, 5.41) is 3.48. The lowest BCUT2D eigenvalue weighted by Crippen LogP contribution is -2.21. The van der Waals surface area contributed by atoms with Crippen LogP contribution in [0.25, 0.3) is 0 Å². The molecule has 0 aromatic heterocycles. The van der Waals surface area contributed by atoms with Gasteiger partial charge in [-0.05, 0) is 37.2 Å². The highest BCUT2D eigenvalue weighted by Crippen LogP contribution is 2.30. The molecule has 0 fully saturated rings. The number of nitrogens with one attached hydrogen (secondary N) is 1. The van der Waals surface area contributed by atoms with E-state index in [0.717, 1.165) is 6.54 Å². The highest BCUT2D eigenvalue weighted by molar-refractivity contribution is 5.66. The SMILES string of the molecule is CCNC(C)c1ccccc1N(C)c1ccccc1. The van der Waals surface area contributed by atoms with E-state index >= 15 is 0 Å². The van der Waals surface area contributed by atoms with E-state index in [9.17, 15) is 0 Å². The number of rotatable bonds is 5. The molecule has 2 nitrogen and oxygen atoms in total. The van der Waals surface area contributed by atoms with E-state index in [1.54, 1.807) is 0 Å². The number of para-hydroxylation sites is 2. The lowest BCUT2D eigenvalue weighted by molar-refractivity contribution is 0.598. The minimum Gasteiger partial charge on any atom is -0.344 e. The average molecular weight is 254 g/mol. The van der Waals surface area contributed by atoms with Crippen LogP contribution in [0.15, 0.2) is 54.6 Å². The van der Waals surface area contributed by atoms with Crippen LogP contribution in [-0.2, 0) is 0 Å². The maximum Gasteiger partial charge on any atom is 0.0456 e. The van der Waals surface area contributed by atoms with Gasteiger partial charge in [-0.2, -0.15) is 0 Å². The van der Waals surface area contributed by atoms with Crippen LogP contribution >= 0.6 is 0 Å². The molecule has 19 heavy (non-hydrogen) atoms. The Morgan fingerprint density at radius 2 is 1.63 bits per heavy atom. The Morgan fingerprint density at radius 1 is 1.00 bits per heavy atom. The zero-order valence-corrected chi connectivity index (χ0v) is 11.9. The predicted octanol–water partition coefficient (Wildman–Crippen LogP) is 4.13. The summed E-state index contributed by atoms with van der Waals surface area (Å²) in [6, 6.07) is 19.4. The molecule has 0 aliphatic carbocycles. The second-order valence-electron chi connectivity index (χ2n) is 4.73. The molecule has 2 heteroatoms. The third-order valence-electron chi connectivity index (χ3n) is 3.42. The quantitative estimate of drug-likeness (QED) is 0.863. The number of anilines is 2. The van der Waals surface area contributed by atoms with Gasteiger partial charge in [-0.3, -0.25) is 0 Å². The van der Waals surface area contributed by atoms with Crippen molar-refractivity contribution in [3.8, 4) is 0 Å². The molecular formula is C17H22N2. The third-order valence-corrected chi connectivity index (χ3v) is 3.42. The van der Waals surface area contributed by atoms with Gasteiger partial charge in [0, 0.05) is 24.5 Å². The van der Waals surface area contributed by atoms with Crippen LogP contribution in [0.2, 0.25) is 0 Å². The molecule has 0 radical (unpaired) electrons. The van der Waals surface area contributed by atoms with Gasteiger partial charge in [0.1, 0.15) is 0 Å². The van der Waals surface area contributed by atoms with E-state index in [2.05, 4.69) is 79.6 Å². The van der Waals surface area contributed by atoms with Crippen LogP contribution in [0.4, 0.5) is 11.4 Å². The summed E-state index contributed by atoms with van der Waals surface area (Å²) in [7, 11) is 2.12. The van der Waals surface area contributed by atoms with Gasteiger partial charge >= 0.3 is 0 Å². The summed E-state index contributed by atoms with van der Waals surface area (Å²) in [4.78, 5) is 2.24. The van der Waals surface area contributed by atoms with Crippen LogP contribution in [0.3, 0.4) is 0 Å². The van der Waals surface area contributed by atoms with Gasteiger partial charge in [-0.1, -0.05) is 43.3 Å². The van der Waals surface area contributed by atoms with Crippen molar-refractivity contribution < 1.29 is 0 Å². The van der Waals surface area contributed by atoms with E-state index in [0.29, 0.717) is 6.04 Å². The lowest BCUT2D eigenvalue weighted by Gasteiger charge is -2.25. The molecule has 0 saturated heterocycles. The zero-order valence-electron chi connectivity index (χ0n) is 11.9. The van der Waals surface area contributed by atoms with E-state index in [1.807, 2.05) is 6.07 Å². The van der Waals surface area contributed by atoms with Crippen molar-refractivity contribution in [2.75, 3.05) is 18.5 Å². The van der Waals surface area contributed by atoms with Crippen LogP contribution < -0.4 is 10.2 Å². The molecule has 2 rings (SSSR count). The van der Waals surface area contributed by atoms with Gasteiger partial charge < -0.3 is 10.2 Å². The van der Waals surface area contributed by atoms with E-state index < -0.39 is 0 Å². The molecule has 1 atom stereocenters. The molecular weight excluding hydrogens is 232 g/mol. The van der Waals surface area contributed by atoms with Crippen LogP contribution in [0.5, 0.6) is 0 Å². The molecule has 0 amide bonds. The molecule has 2 aromatic rings. The number of nitrogens with zero attached hydrogens (tertiary/aromatic N) is 1. The van der Waals surface area contributed by atoms with Gasteiger partial charge in [0.2, 0.25) is 0 Å². The first-order chi connectivity index (χ1) is 9.24. The standard InChI is InChI=1S/C17H22N2/c1-4-18-14(2)16-12-8-9-13-17(16)19(3)15-10-6-5-7-11-15/h5-14,18H,4H2,1-3H3. The third kappa shape index (κ3) is 3.15. The number of hydrogen-bond acceptors (Lipinski definition) is 2. The second kappa shape index (κ2) is 6.39. The Labute approximate surface area is 116 Å². The van der Waals surface area contributed by atoms with Gasteiger partial charge in [-0.25, -0.2) is 0 Å². The first-order valence-corrected chi connectivity index (χ1v) is 6.85. The highest BCUT2D eigenvalue weighted by Gasteiger charge is 2.12. The largest absolute Gasteiger partial charge is 0.344 e. The zero-order chi connectivity index (χ0) is 13.7. The predicted molar refractivity (Wildman–Crippen MR) is 83.0 cm³/mol. The summed E-state index contributed by atoms with van der Waals surface area (Å²) >= 11 is 0. The van der Waals surface area contributed by atoms with Crippen molar-refractivity contribution in [2.45, 2.75) is 19.9 Å². The fourth-order valence-corrected chi connectivity index (χ4v) is 2.37. The number of benzene rings is 2. The molecule has 1 N–H and O–H groups in total. The monoisotopic (exact) mass is 254 g/mol. The molecule has 0 aliphatic heterocycles. The molecule has 0 bridgehead atoms. The molecule has 2 aromatic carbocycles. The minimum atomic E-state index is 0.354. The Kier molecular flexibility index (Phi) is 4.58. The van der Waals surface area contributed by atoms with Gasteiger partial charge in [0.25, 0.3) is 0 Å². The smallest absolute Gasteiger partial charge is 0.0456 e. The van der Waals surface area contributed by atoms with Crippen LogP contribution in [0, 0.1) is 0 Å². The van der Waals surface area contributed by atoms with E-state index in [4.69, 9.17) is 0 Å². The van der Waals surface area contributed by atoms with Crippen molar-refractivity contribution in [3.05, 3.63) is 60.2 Å². The van der Waals surface area contributed by atoms with Crippen LogP contribution in [-0.4, -0.2) is 13.6 Å². The van der Waals surface area contributed by atoms with E-state index in [-0.39, 0.29) is 0 Å². The molecule has 100 valence electrons. The average Bonchev–Trinajstić information content (AvgIpc) is 2.47. The van der Waals surface area contributed by atoms with Crippen molar-refractivity contribution in [3.63, 3.8) is 0 Å². The topological polar surface area (TPSA) is 15.3 Å². The Morgan fingerprint density at radius 3 is 2.32 bits per heavy atom. The Hall–Kier alpha value is -1.80. The fourth-order valence-electron chi connectivity index (χ4n) is 2.37. The maximum atomic E-state index is 3.48. The van der Waals surface area contributed by atoms with Gasteiger partial charge in [0.05, 0.1) is 0 Å². The minimum absolute atomic E-state index is 0.354.